The minimum absolute atomic E-state index is 0.630. The van der Waals surface area contributed by atoms with E-state index in [1.165, 1.54) is 16.8 Å². The van der Waals surface area contributed by atoms with Crippen molar-refractivity contribution >= 4 is 5.95 Å². The highest BCUT2D eigenvalue weighted by Gasteiger charge is 2.21. The average molecular weight is 384 g/mol. The fraction of sp³-hybridized carbons (Fsp3) is 0.524. The zero-order valence-corrected chi connectivity index (χ0v) is 16.7. The molecule has 0 spiro atoms. The highest BCUT2D eigenvalue weighted by atomic mass is 16.5. The van der Waals surface area contributed by atoms with Crippen LogP contribution < -0.4 is 14.4 Å². The van der Waals surface area contributed by atoms with Gasteiger partial charge in [0.05, 0.1) is 32.6 Å². The molecular formula is C21H28N4O3. The summed E-state index contributed by atoms with van der Waals surface area (Å²) in [6, 6.07) is 6.17. The molecule has 150 valence electrons. The van der Waals surface area contributed by atoms with E-state index in [0.29, 0.717) is 6.61 Å². The minimum atomic E-state index is 0.630. The molecule has 0 unspecified atom stereocenters. The largest absolute Gasteiger partial charge is 0.493 e. The number of hydrogen-bond acceptors (Lipinski definition) is 7. The van der Waals surface area contributed by atoms with Crippen LogP contribution in [0.25, 0.3) is 0 Å². The van der Waals surface area contributed by atoms with Crippen molar-refractivity contribution < 1.29 is 14.2 Å². The number of methoxy groups -OCH3 is 1. The zero-order valence-electron chi connectivity index (χ0n) is 16.7. The summed E-state index contributed by atoms with van der Waals surface area (Å²) in [5.74, 6) is 2.42. The Balaban J connectivity index is 1.43. The lowest BCUT2D eigenvalue weighted by Crippen LogP contribution is -2.38. The molecule has 0 amide bonds. The summed E-state index contributed by atoms with van der Waals surface area (Å²) >= 11 is 0. The second-order valence-corrected chi connectivity index (χ2v) is 7.12. The summed E-state index contributed by atoms with van der Waals surface area (Å²) in [5.41, 5.74) is 3.62. The van der Waals surface area contributed by atoms with Crippen molar-refractivity contribution in [1.82, 2.24) is 14.9 Å². The normalized spacial score (nSPS) is 17.3. The van der Waals surface area contributed by atoms with E-state index in [0.717, 1.165) is 69.8 Å². The number of ether oxygens (including phenoxy) is 3. The molecule has 0 radical (unpaired) electrons. The maximum atomic E-state index is 5.61. The number of nitrogens with zero attached hydrogens (tertiary/aromatic N) is 4. The third kappa shape index (κ3) is 4.20. The molecule has 0 N–H and O–H groups in total. The maximum Gasteiger partial charge on any atom is 0.225 e. The van der Waals surface area contributed by atoms with Crippen molar-refractivity contribution in [3.05, 3.63) is 41.2 Å². The zero-order chi connectivity index (χ0) is 19.3. The summed E-state index contributed by atoms with van der Waals surface area (Å²) in [6.07, 6.45) is 2.95. The Morgan fingerprint density at radius 3 is 2.79 bits per heavy atom. The minimum Gasteiger partial charge on any atom is -0.493 e. The van der Waals surface area contributed by atoms with Gasteiger partial charge in [0.2, 0.25) is 5.95 Å². The van der Waals surface area contributed by atoms with Gasteiger partial charge >= 0.3 is 0 Å². The number of anilines is 1. The number of hydrogen-bond donors (Lipinski definition) is 0. The van der Waals surface area contributed by atoms with E-state index in [1.54, 1.807) is 7.11 Å². The standard InChI is InChI=1S/C21H28N4O3/c1-3-28-19-5-4-16(12-20(19)26-2)14-24-7-6-18-17(15-24)13-22-21(23-18)25-8-10-27-11-9-25/h4-5,12-13H,3,6-11,14-15H2,1-2H3. The van der Waals surface area contributed by atoms with Crippen LogP contribution in [0.1, 0.15) is 23.7 Å². The fourth-order valence-corrected chi connectivity index (χ4v) is 3.76. The Bertz CT molecular complexity index is 808. The molecule has 7 heteroatoms. The lowest BCUT2D eigenvalue weighted by Gasteiger charge is -2.30. The topological polar surface area (TPSA) is 60.0 Å². The molecule has 1 aromatic heterocycles. The first-order chi connectivity index (χ1) is 13.8. The molecule has 7 nitrogen and oxygen atoms in total. The summed E-state index contributed by atoms with van der Waals surface area (Å²) in [7, 11) is 1.68. The molecule has 0 saturated carbocycles. The van der Waals surface area contributed by atoms with Crippen LogP contribution >= 0.6 is 0 Å². The molecule has 2 aliphatic rings. The monoisotopic (exact) mass is 384 g/mol. The van der Waals surface area contributed by atoms with Gasteiger partial charge in [-0.15, -0.1) is 0 Å². The van der Waals surface area contributed by atoms with Crippen LogP contribution in [-0.2, 0) is 24.2 Å². The van der Waals surface area contributed by atoms with Gasteiger partial charge in [-0.3, -0.25) is 4.90 Å². The predicted molar refractivity (Wildman–Crippen MR) is 107 cm³/mol. The lowest BCUT2D eigenvalue weighted by molar-refractivity contribution is 0.122. The van der Waals surface area contributed by atoms with Gasteiger partial charge in [0.1, 0.15) is 0 Å². The van der Waals surface area contributed by atoms with Crippen molar-refractivity contribution in [1.29, 1.82) is 0 Å². The van der Waals surface area contributed by atoms with Crippen molar-refractivity contribution in [2.24, 2.45) is 0 Å². The van der Waals surface area contributed by atoms with Crippen molar-refractivity contribution in [3.8, 4) is 11.5 Å². The van der Waals surface area contributed by atoms with E-state index in [1.807, 2.05) is 19.2 Å². The van der Waals surface area contributed by atoms with Crippen molar-refractivity contribution in [3.63, 3.8) is 0 Å². The average Bonchev–Trinajstić information content (AvgIpc) is 2.75. The maximum absolute atomic E-state index is 5.61. The van der Waals surface area contributed by atoms with E-state index in [2.05, 4.69) is 26.9 Å². The number of fused-ring (bicyclic) bond motifs is 1. The van der Waals surface area contributed by atoms with Gasteiger partial charge < -0.3 is 19.1 Å². The Morgan fingerprint density at radius 1 is 1.14 bits per heavy atom. The molecule has 0 aliphatic carbocycles. The van der Waals surface area contributed by atoms with Crippen molar-refractivity contribution in [2.45, 2.75) is 26.4 Å². The van der Waals surface area contributed by atoms with Gasteiger partial charge in [0.25, 0.3) is 0 Å². The van der Waals surface area contributed by atoms with Gasteiger partial charge in [-0.05, 0) is 24.6 Å². The first-order valence-electron chi connectivity index (χ1n) is 9.96. The second-order valence-electron chi connectivity index (χ2n) is 7.12. The third-order valence-electron chi connectivity index (χ3n) is 5.23. The lowest BCUT2D eigenvalue weighted by atomic mass is 10.1. The van der Waals surface area contributed by atoms with Gasteiger partial charge in [-0.25, -0.2) is 9.97 Å². The van der Waals surface area contributed by atoms with Gasteiger partial charge in [-0.1, -0.05) is 6.07 Å². The quantitative estimate of drug-likeness (QED) is 0.757. The highest BCUT2D eigenvalue weighted by molar-refractivity contribution is 5.43. The van der Waals surface area contributed by atoms with Crippen LogP contribution in [0.2, 0.25) is 0 Å². The van der Waals surface area contributed by atoms with Gasteiger partial charge in [-0.2, -0.15) is 0 Å². The summed E-state index contributed by atoms with van der Waals surface area (Å²) in [5, 5.41) is 0. The molecule has 4 rings (SSSR count). The van der Waals surface area contributed by atoms with Crippen LogP contribution in [0.4, 0.5) is 5.95 Å². The molecule has 28 heavy (non-hydrogen) atoms. The number of benzene rings is 1. The molecule has 1 fully saturated rings. The van der Waals surface area contributed by atoms with Crippen LogP contribution in [-0.4, -0.2) is 61.4 Å². The summed E-state index contributed by atoms with van der Waals surface area (Å²) in [4.78, 5) is 14.1. The highest BCUT2D eigenvalue weighted by Crippen LogP contribution is 2.29. The Labute approximate surface area is 166 Å². The third-order valence-corrected chi connectivity index (χ3v) is 5.23. The molecule has 2 aliphatic heterocycles. The van der Waals surface area contributed by atoms with E-state index in [9.17, 15) is 0 Å². The second kappa shape index (κ2) is 8.75. The Morgan fingerprint density at radius 2 is 2.00 bits per heavy atom. The van der Waals surface area contributed by atoms with E-state index >= 15 is 0 Å². The summed E-state index contributed by atoms with van der Waals surface area (Å²) < 4.78 is 16.5. The van der Waals surface area contributed by atoms with Crippen LogP contribution in [0.3, 0.4) is 0 Å². The van der Waals surface area contributed by atoms with Crippen LogP contribution in [0, 0.1) is 0 Å². The van der Waals surface area contributed by atoms with Gasteiger partial charge in [0.15, 0.2) is 11.5 Å². The van der Waals surface area contributed by atoms with Crippen molar-refractivity contribution in [2.75, 3.05) is 51.5 Å². The first kappa shape index (κ1) is 19.0. The molecule has 1 saturated heterocycles. The smallest absolute Gasteiger partial charge is 0.225 e. The van der Waals surface area contributed by atoms with E-state index in [4.69, 9.17) is 19.2 Å². The number of morpholine rings is 1. The molecule has 1 aromatic carbocycles. The molecule has 0 bridgehead atoms. The molecular weight excluding hydrogens is 356 g/mol. The number of rotatable bonds is 6. The van der Waals surface area contributed by atoms with Gasteiger partial charge in [0, 0.05) is 50.9 Å². The summed E-state index contributed by atoms with van der Waals surface area (Å²) in [6.45, 7) is 8.56. The van der Waals surface area contributed by atoms with E-state index in [-0.39, 0.29) is 0 Å². The number of aromatic nitrogens is 2. The van der Waals surface area contributed by atoms with Crippen LogP contribution in [0.5, 0.6) is 11.5 Å². The molecule has 2 aromatic rings. The SMILES string of the molecule is CCOc1ccc(CN2CCc3nc(N4CCOCC4)ncc3C2)cc1OC. The molecule has 0 atom stereocenters. The van der Waals surface area contributed by atoms with Crippen LogP contribution in [0.15, 0.2) is 24.4 Å². The Kier molecular flexibility index (Phi) is 5.92. The predicted octanol–water partition coefficient (Wildman–Crippen LogP) is 2.28. The fourth-order valence-electron chi connectivity index (χ4n) is 3.76. The van der Waals surface area contributed by atoms with E-state index < -0.39 is 0 Å². The molecule has 3 heterocycles. The Hall–Kier alpha value is -2.38. The first-order valence-corrected chi connectivity index (χ1v) is 9.96.